The van der Waals surface area contributed by atoms with Crippen molar-refractivity contribution in [2.24, 2.45) is 11.8 Å². The van der Waals surface area contributed by atoms with Crippen LogP contribution < -0.4 is 10.6 Å². The SMILES string of the molecule is CCOC(=O)[C@H]1CCCN[C@H]1C1C=CC(NC(=O)OC(C)(C)C)=CC1. The molecule has 1 aliphatic heterocycles. The zero-order valence-electron chi connectivity index (χ0n) is 15.6. The van der Waals surface area contributed by atoms with E-state index < -0.39 is 11.7 Å². The second-order valence-electron chi connectivity index (χ2n) is 7.53. The van der Waals surface area contributed by atoms with Crippen molar-refractivity contribution in [2.45, 2.75) is 58.6 Å². The number of alkyl carbamates (subject to hydrolysis) is 1. The Morgan fingerprint density at radius 1 is 1.36 bits per heavy atom. The number of piperidine rings is 1. The van der Waals surface area contributed by atoms with E-state index in [-0.39, 0.29) is 23.8 Å². The number of rotatable bonds is 4. The first-order chi connectivity index (χ1) is 11.8. The Hall–Kier alpha value is -1.82. The highest BCUT2D eigenvalue weighted by Gasteiger charge is 2.36. The van der Waals surface area contributed by atoms with Crippen LogP contribution >= 0.6 is 0 Å². The van der Waals surface area contributed by atoms with E-state index in [1.165, 1.54) is 0 Å². The monoisotopic (exact) mass is 350 g/mol. The van der Waals surface area contributed by atoms with Crippen LogP contribution in [0.4, 0.5) is 4.79 Å². The maximum absolute atomic E-state index is 12.2. The zero-order valence-corrected chi connectivity index (χ0v) is 15.6. The fourth-order valence-electron chi connectivity index (χ4n) is 3.29. The van der Waals surface area contributed by atoms with Crippen LogP contribution in [0.25, 0.3) is 0 Å². The van der Waals surface area contributed by atoms with Gasteiger partial charge in [-0.15, -0.1) is 0 Å². The third-order valence-corrected chi connectivity index (χ3v) is 4.33. The molecule has 6 heteroatoms. The normalized spacial score (nSPS) is 26.6. The van der Waals surface area contributed by atoms with Gasteiger partial charge in [-0.05, 0) is 65.5 Å². The summed E-state index contributed by atoms with van der Waals surface area (Å²) in [6, 6.07) is 0.0726. The highest BCUT2D eigenvalue weighted by atomic mass is 16.6. The fourth-order valence-corrected chi connectivity index (χ4v) is 3.29. The van der Waals surface area contributed by atoms with E-state index >= 15 is 0 Å². The van der Waals surface area contributed by atoms with Crippen LogP contribution in [0.5, 0.6) is 0 Å². The molecule has 3 atom stereocenters. The molecule has 140 valence electrons. The Bertz CT molecular complexity index is 548. The van der Waals surface area contributed by atoms with Gasteiger partial charge in [0.1, 0.15) is 5.60 Å². The summed E-state index contributed by atoms with van der Waals surface area (Å²) in [6.07, 6.45) is 8.06. The number of esters is 1. The molecule has 0 spiro atoms. The minimum absolute atomic E-state index is 0.0726. The topological polar surface area (TPSA) is 76.7 Å². The smallest absolute Gasteiger partial charge is 0.412 e. The number of hydrogen-bond acceptors (Lipinski definition) is 5. The first kappa shape index (κ1) is 19.5. The second kappa shape index (κ2) is 8.52. The van der Waals surface area contributed by atoms with E-state index in [1.807, 2.05) is 39.8 Å². The summed E-state index contributed by atoms with van der Waals surface area (Å²) >= 11 is 0. The van der Waals surface area contributed by atoms with Gasteiger partial charge >= 0.3 is 12.1 Å². The summed E-state index contributed by atoms with van der Waals surface area (Å²) in [5.41, 5.74) is 0.207. The molecule has 0 aromatic carbocycles. The highest BCUT2D eigenvalue weighted by molar-refractivity contribution is 5.73. The molecule has 0 aromatic heterocycles. The maximum Gasteiger partial charge on any atom is 0.412 e. The van der Waals surface area contributed by atoms with E-state index in [2.05, 4.69) is 16.7 Å². The molecule has 1 amide bonds. The lowest BCUT2D eigenvalue weighted by Gasteiger charge is -2.36. The lowest BCUT2D eigenvalue weighted by molar-refractivity contribution is -0.150. The van der Waals surface area contributed by atoms with Crippen LogP contribution in [0.2, 0.25) is 0 Å². The summed E-state index contributed by atoms with van der Waals surface area (Å²) in [5.74, 6) is -0.0224. The van der Waals surface area contributed by atoms with Gasteiger partial charge in [0.15, 0.2) is 0 Å². The number of nitrogens with one attached hydrogen (secondary N) is 2. The second-order valence-corrected chi connectivity index (χ2v) is 7.53. The molecule has 0 saturated carbocycles. The maximum atomic E-state index is 12.2. The molecule has 6 nitrogen and oxygen atoms in total. The Kier molecular flexibility index (Phi) is 6.64. The molecule has 2 rings (SSSR count). The van der Waals surface area contributed by atoms with Gasteiger partial charge in [-0.1, -0.05) is 12.2 Å². The van der Waals surface area contributed by atoms with Gasteiger partial charge in [0.25, 0.3) is 0 Å². The molecule has 1 aliphatic carbocycles. The average Bonchev–Trinajstić information content (AvgIpc) is 2.54. The lowest BCUT2D eigenvalue weighted by atomic mass is 9.79. The first-order valence-corrected chi connectivity index (χ1v) is 9.08. The summed E-state index contributed by atoms with van der Waals surface area (Å²) in [6.45, 7) is 8.65. The van der Waals surface area contributed by atoms with Gasteiger partial charge < -0.3 is 14.8 Å². The van der Waals surface area contributed by atoms with Gasteiger partial charge in [0, 0.05) is 11.7 Å². The summed E-state index contributed by atoms with van der Waals surface area (Å²) in [7, 11) is 0. The standard InChI is InChI=1S/C19H30N2O4/c1-5-24-17(22)15-7-6-12-20-16(15)13-8-10-14(11-9-13)21-18(23)25-19(2,3)4/h8,10-11,13,15-16,20H,5-7,9,12H2,1-4H3,(H,21,23)/t13?,15-,16-/m0/s1. The first-order valence-electron chi connectivity index (χ1n) is 9.08. The molecule has 25 heavy (non-hydrogen) atoms. The molecular formula is C19H30N2O4. The summed E-state index contributed by atoms with van der Waals surface area (Å²) < 4.78 is 10.5. The molecule has 1 saturated heterocycles. The van der Waals surface area contributed by atoms with Gasteiger partial charge in [0.05, 0.1) is 12.5 Å². The third kappa shape index (κ3) is 5.88. The molecule has 2 aliphatic rings. The van der Waals surface area contributed by atoms with Crippen LogP contribution in [-0.2, 0) is 14.3 Å². The largest absolute Gasteiger partial charge is 0.466 e. The Morgan fingerprint density at radius 3 is 2.72 bits per heavy atom. The minimum atomic E-state index is -0.523. The van der Waals surface area contributed by atoms with E-state index in [4.69, 9.17) is 9.47 Å². The molecule has 1 unspecified atom stereocenters. The molecule has 1 heterocycles. The van der Waals surface area contributed by atoms with Gasteiger partial charge in [0.2, 0.25) is 0 Å². The highest BCUT2D eigenvalue weighted by Crippen LogP contribution is 2.29. The van der Waals surface area contributed by atoms with Crippen molar-refractivity contribution < 1.29 is 19.1 Å². The van der Waals surface area contributed by atoms with Crippen LogP contribution in [-0.4, -0.2) is 36.9 Å². The molecule has 0 bridgehead atoms. The van der Waals surface area contributed by atoms with Crippen LogP contribution in [0.1, 0.15) is 47.0 Å². The Balaban J connectivity index is 1.93. The number of hydrogen-bond donors (Lipinski definition) is 2. The van der Waals surface area contributed by atoms with Crippen LogP contribution in [0.3, 0.4) is 0 Å². The van der Waals surface area contributed by atoms with Crippen molar-refractivity contribution in [3.8, 4) is 0 Å². The number of carbonyl (C=O) groups is 2. The molecular weight excluding hydrogens is 320 g/mol. The van der Waals surface area contributed by atoms with Crippen molar-refractivity contribution in [3.63, 3.8) is 0 Å². The van der Waals surface area contributed by atoms with Gasteiger partial charge in [-0.25, -0.2) is 4.79 Å². The molecule has 0 aromatic rings. The van der Waals surface area contributed by atoms with E-state index in [0.29, 0.717) is 6.61 Å². The van der Waals surface area contributed by atoms with Crippen molar-refractivity contribution in [3.05, 3.63) is 23.9 Å². The van der Waals surface area contributed by atoms with Crippen molar-refractivity contribution in [2.75, 3.05) is 13.2 Å². The van der Waals surface area contributed by atoms with Crippen molar-refractivity contribution >= 4 is 12.1 Å². The van der Waals surface area contributed by atoms with Gasteiger partial charge in [-0.2, -0.15) is 0 Å². The number of carbonyl (C=O) groups excluding carboxylic acids is 2. The molecule has 0 radical (unpaired) electrons. The Labute approximate surface area is 150 Å². The predicted molar refractivity (Wildman–Crippen MR) is 95.8 cm³/mol. The lowest BCUT2D eigenvalue weighted by Crippen LogP contribution is -2.49. The van der Waals surface area contributed by atoms with Crippen molar-refractivity contribution in [1.82, 2.24) is 10.6 Å². The van der Waals surface area contributed by atoms with E-state index in [9.17, 15) is 9.59 Å². The minimum Gasteiger partial charge on any atom is -0.466 e. The van der Waals surface area contributed by atoms with Gasteiger partial charge in [-0.3, -0.25) is 10.1 Å². The Morgan fingerprint density at radius 2 is 2.12 bits per heavy atom. The quantitative estimate of drug-likeness (QED) is 0.763. The number of ether oxygens (including phenoxy) is 2. The fraction of sp³-hybridized carbons (Fsp3) is 0.684. The third-order valence-electron chi connectivity index (χ3n) is 4.33. The van der Waals surface area contributed by atoms with Crippen molar-refractivity contribution in [1.29, 1.82) is 0 Å². The average molecular weight is 350 g/mol. The van der Waals surface area contributed by atoms with Crippen LogP contribution in [0.15, 0.2) is 23.9 Å². The molecule has 2 N–H and O–H groups in total. The number of allylic oxidation sites excluding steroid dienone is 2. The van der Waals surface area contributed by atoms with E-state index in [0.717, 1.165) is 31.5 Å². The number of amides is 1. The zero-order chi connectivity index (χ0) is 18.4. The van der Waals surface area contributed by atoms with Crippen LogP contribution in [0, 0.1) is 11.8 Å². The van der Waals surface area contributed by atoms with E-state index in [1.54, 1.807) is 0 Å². The molecule has 1 fully saturated rings. The predicted octanol–water partition coefficient (Wildman–Crippen LogP) is 2.90. The summed E-state index contributed by atoms with van der Waals surface area (Å²) in [5, 5.41) is 6.23. The summed E-state index contributed by atoms with van der Waals surface area (Å²) in [4.78, 5) is 24.1.